The fraction of sp³-hybridized carbons (Fsp3) is 0.125. The number of azo groups is 1. The van der Waals surface area contributed by atoms with Crippen molar-refractivity contribution in [3.05, 3.63) is 81.4 Å². The van der Waals surface area contributed by atoms with E-state index in [9.17, 15) is 9.90 Å². The van der Waals surface area contributed by atoms with E-state index in [2.05, 4.69) is 26.2 Å². The number of rotatable bonds is 5. The molecule has 4 rings (SSSR count). The first-order chi connectivity index (χ1) is 15.4. The average molecular weight is 513 g/mol. The lowest BCUT2D eigenvalue weighted by atomic mass is 10.1. The van der Waals surface area contributed by atoms with Gasteiger partial charge in [0, 0.05) is 21.8 Å². The maximum Gasteiger partial charge on any atom is 0.340 e. The molecule has 0 bridgehead atoms. The summed E-state index contributed by atoms with van der Waals surface area (Å²) < 4.78 is 7.64. The lowest BCUT2D eigenvalue weighted by molar-refractivity contribution is 0.0527. The number of aromatic nitrogens is 1. The van der Waals surface area contributed by atoms with Gasteiger partial charge >= 0.3 is 5.97 Å². The SMILES string of the molecule is CCOC(=O)c1c(C)n(-c2cccc(Cl)c2)c2cc(Br)c(O)c(N=Nc3ccccc3)c12. The second kappa shape index (κ2) is 9.14. The van der Waals surface area contributed by atoms with Gasteiger partial charge in [0.1, 0.15) is 5.69 Å². The molecular formula is C24H19BrClN3O3. The molecule has 0 aliphatic heterocycles. The number of hydrogen-bond donors (Lipinski definition) is 1. The summed E-state index contributed by atoms with van der Waals surface area (Å²) in [7, 11) is 0. The smallest absolute Gasteiger partial charge is 0.340 e. The Balaban J connectivity index is 2.07. The molecule has 3 aromatic carbocycles. The first-order valence-corrected chi connectivity index (χ1v) is 11.1. The maximum atomic E-state index is 13.0. The second-order valence-corrected chi connectivity index (χ2v) is 8.27. The highest BCUT2D eigenvalue weighted by atomic mass is 79.9. The van der Waals surface area contributed by atoms with E-state index in [1.165, 1.54) is 0 Å². The van der Waals surface area contributed by atoms with E-state index in [0.29, 0.717) is 37.3 Å². The molecule has 6 nitrogen and oxygen atoms in total. The Morgan fingerprint density at radius 3 is 2.56 bits per heavy atom. The number of phenols is 1. The minimum absolute atomic E-state index is 0.119. The standard InChI is InChI=1S/C24H19BrClN3O3/c1-3-32-24(31)20-14(2)29(17-11-7-8-15(26)12-17)19-13-18(25)23(30)22(21(19)20)28-27-16-9-5-4-6-10-16/h4-13,30H,3H2,1-2H3. The quantitative estimate of drug-likeness (QED) is 0.220. The van der Waals surface area contributed by atoms with Crippen molar-refractivity contribution >= 4 is 55.8 Å². The molecule has 1 aromatic heterocycles. The Hall–Kier alpha value is -3.16. The molecule has 162 valence electrons. The van der Waals surface area contributed by atoms with E-state index in [4.69, 9.17) is 16.3 Å². The van der Waals surface area contributed by atoms with Gasteiger partial charge in [-0.15, -0.1) is 5.11 Å². The Kier molecular flexibility index (Phi) is 6.30. The van der Waals surface area contributed by atoms with Crippen LogP contribution in [0.3, 0.4) is 0 Å². The number of carbonyl (C=O) groups excluding carboxylic acids is 1. The van der Waals surface area contributed by atoms with Crippen LogP contribution >= 0.6 is 27.5 Å². The molecule has 0 aliphatic rings. The Morgan fingerprint density at radius 2 is 1.88 bits per heavy atom. The minimum atomic E-state index is -0.506. The summed E-state index contributed by atoms with van der Waals surface area (Å²) in [4.78, 5) is 13.0. The molecule has 0 saturated heterocycles. The molecule has 0 radical (unpaired) electrons. The predicted molar refractivity (Wildman–Crippen MR) is 129 cm³/mol. The van der Waals surface area contributed by atoms with Gasteiger partial charge < -0.3 is 14.4 Å². The van der Waals surface area contributed by atoms with Crippen molar-refractivity contribution in [2.24, 2.45) is 10.2 Å². The predicted octanol–water partition coefficient (Wildman–Crippen LogP) is 7.65. The molecule has 32 heavy (non-hydrogen) atoms. The molecule has 0 fully saturated rings. The van der Waals surface area contributed by atoms with Crippen LogP contribution in [0.4, 0.5) is 11.4 Å². The molecule has 1 N–H and O–H groups in total. The number of halogens is 2. The number of nitrogens with zero attached hydrogens (tertiary/aromatic N) is 3. The molecular weight excluding hydrogens is 494 g/mol. The summed E-state index contributed by atoms with van der Waals surface area (Å²) in [6.07, 6.45) is 0. The molecule has 0 atom stereocenters. The van der Waals surface area contributed by atoms with Gasteiger partial charge in [0.15, 0.2) is 5.75 Å². The lowest BCUT2D eigenvalue weighted by Gasteiger charge is -2.10. The third-order valence-corrected chi connectivity index (χ3v) is 5.80. The maximum absolute atomic E-state index is 13.0. The van der Waals surface area contributed by atoms with Crippen LogP contribution in [0.2, 0.25) is 5.02 Å². The molecule has 0 amide bonds. The Labute approximate surface area is 198 Å². The summed E-state index contributed by atoms with van der Waals surface area (Å²) in [6, 6.07) is 18.2. The van der Waals surface area contributed by atoms with Gasteiger partial charge in [0.05, 0.1) is 27.8 Å². The minimum Gasteiger partial charge on any atom is -0.504 e. The van der Waals surface area contributed by atoms with Gasteiger partial charge in [-0.25, -0.2) is 4.79 Å². The van der Waals surface area contributed by atoms with Crippen LogP contribution in [-0.4, -0.2) is 22.2 Å². The summed E-state index contributed by atoms with van der Waals surface area (Å²) in [6.45, 7) is 3.77. The van der Waals surface area contributed by atoms with Crippen molar-refractivity contribution in [2.45, 2.75) is 13.8 Å². The van der Waals surface area contributed by atoms with E-state index < -0.39 is 5.97 Å². The monoisotopic (exact) mass is 511 g/mol. The van der Waals surface area contributed by atoms with E-state index in [1.54, 1.807) is 37.3 Å². The number of fused-ring (bicyclic) bond motifs is 1. The summed E-state index contributed by atoms with van der Waals surface area (Å²) in [5.74, 6) is -0.625. The number of benzene rings is 3. The summed E-state index contributed by atoms with van der Waals surface area (Å²) in [5, 5.41) is 20.4. The highest BCUT2D eigenvalue weighted by Crippen LogP contribution is 2.46. The van der Waals surface area contributed by atoms with Gasteiger partial charge in [-0.3, -0.25) is 0 Å². The highest BCUT2D eigenvalue weighted by Gasteiger charge is 2.27. The first kappa shape index (κ1) is 22.0. The molecule has 4 aromatic rings. The third-order valence-electron chi connectivity index (χ3n) is 4.96. The number of hydrogen-bond acceptors (Lipinski definition) is 5. The van der Waals surface area contributed by atoms with Gasteiger partial charge in [0.25, 0.3) is 0 Å². The van der Waals surface area contributed by atoms with Gasteiger partial charge in [-0.2, -0.15) is 5.11 Å². The van der Waals surface area contributed by atoms with Crippen LogP contribution in [0.1, 0.15) is 23.0 Å². The molecule has 0 saturated carbocycles. The van der Waals surface area contributed by atoms with Gasteiger partial charge in [-0.1, -0.05) is 35.9 Å². The second-order valence-electron chi connectivity index (χ2n) is 6.98. The van der Waals surface area contributed by atoms with Crippen LogP contribution in [0.25, 0.3) is 16.6 Å². The number of aromatic hydroxyl groups is 1. The molecule has 0 spiro atoms. The van der Waals surface area contributed by atoms with Crippen molar-refractivity contribution in [1.29, 1.82) is 0 Å². The number of carbonyl (C=O) groups is 1. The zero-order valence-electron chi connectivity index (χ0n) is 17.3. The van der Waals surface area contributed by atoms with Crippen molar-refractivity contribution in [3.63, 3.8) is 0 Å². The van der Waals surface area contributed by atoms with E-state index in [1.807, 2.05) is 41.8 Å². The lowest BCUT2D eigenvalue weighted by Crippen LogP contribution is -2.07. The fourth-order valence-electron chi connectivity index (χ4n) is 3.61. The highest BCUT2D eigenvalue weighted by molar-refractivity contribution is 9.10. The third kappa shape index (κ3) is 4.01. The zero-order valence-corrected chi connectivity index (χ0v) is 19.7. The van der Waals surface area contributed by atoms with Gasteiger partial charge in [0.2, 0.25) is 0 Å². The van der Waals surface area contributed by atoms with Crippen molar-refractivity contribution in [3.8, 4) is 11.4 Å². The topological polar surface area (TPSA) is 76.2 Å². The molecule has 1 heterocycles. The van der Waals surface area contributed by atoms with Crippen molar-refractivity contribution in [1.82, 2.24) is 4.57 Å². The number of ether oxygens (including phenoxy) is 1. The summed E-state index contributed by atoms with van der Waals surface area (Å²) in [5.41, 5.74) is 3.15. The number of esters is 1. The molecule has 0 aliphatic carbocycles. The Bertz CT molecular complexity index is 1350. The van der Waals surface area contributed by atoms with Crippen LogP contribution in [0, 0.1) is 6.92 Å². The Morgan fingerprint density at radius 1 is 1.12 bits per heavy atom. The molecule has 8 heteroatoms. The normalized spacial score (nSPS) is 11.4. The zero-order chi connectivity index (χ0) is 22.8. The van der Waals surface area contributed by atoms with Crippen LogP contribution < -0.4 is 0 Å². The van der Waals surface area contributed by atoms with E-state index >= 15 is 0 Å². The number of phenolic OH excluding ortho intramolecular Hbond substituents is 1. The van der Waals surface area contributed by atoms with Crippen LogP contribution in [-0.2, 0) is 4.74 Å². The average Bonchev–Trinajstić information content (AvgIpc) is 3.06. The first-order valence-electron chi connectivity index (χ1n) is 9.88. The van der Waals surface area contributed by atoms with Crippen molar-refractivity contribution in [2.75, 3.05) is 6.61 Å². The summed E-state index contributed by atoms with van der Waals surface area (Å²) >= 11 is 9.64. The van der Waals surface area contributed by atoms with E-state index in [-0.39, 0.29) is 18.0 Å². The fourth-order valence-corrected chi connectivity index (χ4v) is 4.20. The largest absolute Gasteiger partial charge is 0.504 e. The van der Waals surface area contributed by atoms with E-state index in [0.717, 1.165) is 5.69 Å². The molecule has 0 unspecified atom stereocenters. The van der Waals surface area contributed by atoms with Crippen LogP contribution in [0.15, 0.2) is 75.4 Å². The van der Waals surface area contributed by atoms with Crippen LogP contribution in [0.5, 0.6) is 5.75 Å². The van der Waals surface area contributed by atoms with Crippen molar-refractivity contribution < 1.29 is 14.6 Å². The van der Waals surface area contributed by atoms with Gasteiger partial charge in [-0.05, 0) is 66.2 Å².